The number of anilines is 1. The first-order chi connectivity index (χ1) is 14.5. The number of carbonyl (C=O) groups is 2. The molecule has 1 saturated heterocycles. The molecule has 31 heavy (non-hydrogen) atoms. The summed E-state index contributed by atoms with van der Waals surface area (Å²) in [6.45, 7) is 8.61. The molecule has 0 saturated carbocycles. The van der Waals surface area contributed by atoms with E-state index in [2.05, 4.69) is 5.32 Å². The summed E-state index contributed by atoms with van der Waals surface area (Å²) in [5, 5.41) is 2.79. The van der Waals surface area contributed by atoms with E-state index in [0.717, 1.165) is 10.7 Å². The van der Waals surface area contributed by atoms with Gasteiger partial charge in [0.15, 0.2) is 0 Å². The number of nitrogens with zero attached hydrogens (tertiary/aromatic N) is 3. The van der Waals surface area contributed by atoms with Crippen LogP contribution in [-0.2, 0) is 19.6 Å². The molecule has 0 unspecified atom stereocenters. The van der Waals surface area contributed by atoms with Crippen molar-refractivity contribution in [2.24, 2.45) is 5.92 Å². The molecule has 0 radical (unpaired) electrons. The Balaban J connectivity index is 1.94. The van der Waals surface area contributed by atoms with Crippen molar-refractivity contribution >= 4 is 27.7 Å². The summed E-state index contributed by atoms with van der Waals surface area (Å²) in [5.41, 5.74) is 1.05. The fourth-order valence-corrected chi connectivity index (χ4v) is 4.34. The van der Waals surface area contributed by atoms with Crippen molar-refractivity contribution in [1.82, 2.24) is 14.1 Å². The highest BCUT2D eigenvalue weighted by molar-refractivity contribution is 7.89. The highest BCUT2D eigenvalue weighted by Gasteiger charge is 2.23. The highest BCUT2D eigenvalue weighted by Crippen LogP contribution is 2.22. The summed E-state index contributed by atoms with van der Waals surface area (Å²) in [7, 11) is -0.653. The monoisotopic (exact) mass is 454 g/mol. The molecule has 2 amide bonds. The van der Waals surface area contributed by atoms with Crippen molar-refractivity contribution in [3.05, 3.63) is 23.8 Å². The van der Waals surface area contributed by atoms with Crippen molar-refractivity contribution in [1.29, 1.82) is 0 Å². The van der Waals surface area contributed by atoms with E-state index in [1.807, 2.05) is 18.7 Å². The first-order valence-corrected chi connectivity index (χ1v) is 11.9. The van der Waals surface area contributed by atoms with Gasteiger partial charge in [-0.1, -0.05) is 19.9 Å². The Kier molecular flexibility index (Phi) is 8.84. The third-order valence-electron chi connectivity index (χ3n) is 4.98. The Labute approximate surface area is 185 Å². The number of ether oxygens (including phenoxy) is 1. The second-order valence-corrected chi connectivity index (χ2v) is 10.5. The maximum Gasteiger partial charge on any atom is 0.409 e. The summed E-state index contributed by atoms with van der Waals surface area (Å²) in [6, 6.07) is 4.85. The van der Waals surface area contributed by atoms with Gasteiger partial charge in [0.2, 0.25) is 15.9 Å². The largest absolute Gasteiger partial charge is 0.449 e. The quantitative estimate of drug-likeness (QED) is 0.676. The van der Waals surface area contributed by atoms with Crippen LogP contribution in [0.3, 0.4) is 0 Å². The summed E-state index contributed by atoms with van der Waals surface area (Å²) in [6.07, 6.45) is 0.439. The van der Waals surface area contributed by atoms with Gasteiger partial charge in [-0.3, -0.25) is 9.69 Å². The van der Waals surface area contributed by atoms with E-state index < -0.39 is 10.0 Å². The van der Waals surface area contributed by atoms with E-state index in [9.17, 15) is 18.0 Å². The first-order valence-electron chi connectivity index (χ1n) is 10.5. The van der Waals surface area contributed by atoms with E-state index in [-0.39, 0.29) is 29.4 Å². The Bertz CT molecular complexity index is 886. The van der Waals surface area contributed by atoms with Crippen molar-refractivity contribution in [2.75, 3.05) is 58.7 Å². The Morgan fingerprint density at radius 3 is 2.52 bits per heavy atom. The van der Waals surface area contributed by atoms with Crippen molar-refractivity contribution in [3.63, 3.8) is 0 Å². The van der Waals surface area contributed by atoms with Gasteiger partial charge < -0.3 is 15.0 Å². The molecular formula is C21H34N4O5S. The molecule has 1 fully saturated rings. The van der Waals surface area contributed by atoms with Gasteiger partial charge in [-0.2, -0.15) is 0 Å². The minimum absolute atomic E-state index is 0.165. The van der Waals surface area contributed by atoms with Gasteiger partial charge in [-0.25, -0.2) is 17.5 Å². The lowest BCUT2D eigenvalue weighted by atomic mass is 10.2. The summed E-state index contributed by atoms with van der Waals surface area (Å²) >= 11 is 0. The molecule has 1 aliphatic rings. The van der Waals surface area contributed by atoms with Gasteiger partial charge in [0.05, 0.1) is 18.0 Å². The number of carbonyl (C=O) groups excluding carboxylic acids is 2. The minimum atomic E-state index is -3.60. The highest BCUT2D eigenvalue weighted by atomic mass is 32.2. The predicted molar refractivity (Wildman–Crippen MR) is 119 cm³/mol. The molecule has 1 aromatic rings. The van der Waals surface area contributed by atoms with E-state index in [1.54, 1.807) is 24.0 Å². The van der Waals surface area contributed by atoms with Crippen molar-refractivity contribution in [3.8, 4) is 0 Å². The third-order valence-corrected chi connectivity index (χ3v) is 6.94. The maximum atomic E-state index is 12.5. The van der Waals surface area contributed by atoms with Crippen molar-refractivity contribution in [2.45, 2.75) is 32.1 Å². The fourth-order valence-electron chi connectivity index (χ4n) is 3.20. The Hall–Kier alpha value is -2.17. The number of aryl methyl sites for hydroxylation is 1. The minimum Gasteiger partial charge on any atom is -0.449 e. The Morgan fingerprint density at radius 1 is 1.16 bits per heavy atom. The van der Waals surface area contributed by atoms with E-state index >= 15 is 0 Å². The van der Waals surface area contributed by atoms with Crippen molar-refractivity contribution < 1.29 is 22.7 Å². The number of hydrogen-bond donors (Lipinski definition) is 1. The van der Waals surface area contributed by atoms with Crippen LogP contribution >= 0.6 is 0 Å². The number of amides is 2. The van der Waals surface area contributed by atoms with Crippen LogP contribution in [0.25, 0.3) is 0 Å². The molecule has 0 bridgehead atoms. The van der Waals surface area contributed by atoms with E-state index in [0.29, 0.717) is 44.0 Å². The molecule has 0 aliphatic carbocycles. The first kappa shape index (κ1) is 25.1. The van der Waals surface area contributed by atoms with Crippen LogP contribution in [0.2, 0.25) is 0 Å². The summed E-state index contributed by atoms with van der Waals surface area (Å²) in [4.78, 5) is 28.5. The molecule has 1 aromatic carbocycles. The zero-order valence-corrected chi connectivity index (χ0v) is 19.9. The normalized spacial score (nSPS) is 15.8. The lowest BCUT2D eigenvalue weighted by Crippen LogP contribution is -2.38. The standard InChI is InChI=1S/C21H34N4O5S/c1-16(2)15-30-21(27)25-10-6-9-24(11-12-25)14-20(26)22-18-8-7-17(3)19(13-18)31(28,29)23(4)5/h7-8,13,16H,6,9-12,14-15H2,1-5H3,(H,22,26). The van der Waals surface area contributed by atoms with Crippen LogP contribution in [-0.4, -0.2) is 87.9 Å². The lowest BCUT2D eigenvalue weighted by molar-refractivity contribution is -0.117. The van der Waals surface area contributed by atoms with Gasteiger partial charge in [-0.05, 0) is 37.0 Å². The maximum absolute atomic E-state index is 12.5. The summed E-state index contributed by atoms with van der Waals surface area (Å²) in [5.74, 6) is 0.0546. The second kappa shape index (κ2) is 10.9. The molecule has 10 heteroatoms. The fraction of sp³-hybridized carbons (Fsp3) is 0.619. The Morgan fingerprint density at radius 2 is 1.87 bits per heavy atom. The van der Waals surface area contributed by atoms with Gasteiger partial charge in [0, 0.05) is 46.0 Å². The smallest absolute Gasteiger partial charge is 0.409 e. The molecular weight excluding hydrogens is 420 g/mol. The van der Waals surface area contributed by atoms with Gasteiger partial charge >= 0.3 is 6.09 Å². The van der Waals surface area contributed by atoms with Crippen LogP contribution in [0.4, 0.5) is 10.5 Å². The van der Waals surface area contributed by atoms with E-state index in [4.69, 9.17) is 4.74 Å². The average Bonchev–Trinajstić information content (AvgIpc) is 2.92. The molecule has 1 aliphatic heterocycles. The van der Waals surface area contributed by atoms with Gasteiger partial charge in [0.25, 0.3) is 0 Å². The predicted octanol–water partition coefficient (Wildman–Crippen LogP) is 1.98. The van der Waals surface area contributed by atoms with E-state index in [1.165, 1.54) is 20.2 Å². The SMILES string of the molecule is Cc1ccc(NC(=O)CN2CCCN(C(=O)OCC(C)C)CC2)cc1S(=O)(=O)N(C)C. The topological polar surface area (TPSA) is 99.3 Å². The zero-order valence-electron chi connectivity index (χ0n) is 19.1. The van der Waals surface area contributed by atoms with Crippen LogP contribution in [0.1, 0.15) is 25.8 Å². The number of sulfonamides is 1. The molecule has 2 rings (SSSR count). The summed E-state index contributed by atoms with van der Waals surface area (Å²) < 4.78 is 31.4. The second-order valence-electron chi connectivity index (χ2n) is 8.40. The molecule has 174 valence electrons. The number of rotatable bonds is 7. The van der Waals surface area contributed by atoms with Gasteiger partial charge in [0.1, 0.15) is 0 Å². The molecule has 1 heterocycles. The van der Waals surface area contributed by atoms with Crippen LogP contribution < -0.4 is 5.32 Å². The van der Waals surface area contributed by atoms with Crippen LogP contribution in [0.5, 0.6) is 0 Å². The van der Waals surface area contributed by atoms with Gasteiger partial charge in [-0.15, -0.1) is 0 Å². The molecule has 9 nitrogen and oxygen atoms in total. The lowest BCUT2D eigenvalue weighted by Gasteiger charge is -2.22. The number of benzene rings is 1. The van der Waals surface area contributed by atoms with Crippen LogP contribution in [0.15, 0.2) is 23.1 Å². The molecule has 0 aromatic heterocycles. The zero-order chi connectivity index (χ0) is 23.2. The number of nitrogens with one attached hydrogen (secondary N) is 1. The average molecular weight is 455 g/mol. The molecule has 0 atom stereocenters. The third kappa shape index (κ3) is 7.19. The molecule has 1 N–H and O–H groups in total. The van der Waals surface area contributed by atoms with Crippen LogP contribution in [0, 0.1) is 12.8 Å². The molecule has 0 spiro atoms. The number of hydrogen-bond acceptors (Lipinski definition) is 6.